The van der Waals surface area contributed by atoms with E-state index in [2.05, 4.69) is 152 Å². The summed E-state index contributed by atoms with van der Waals surface area (Å²) in [7, 11) is 0. The highest BCUT2D eigenvalue weighted by atomic mass is 14.9. The highest BCUT2D eigenvalue weighted by molar-refractivity contribution is 5.78. The summed E-state index contributed by atoms with van der Waals surface area (Å²) in [5.41, 5.74) is 19.1. The van der Waals surface area contributed by atoms with E-state index in [4.69, 9.17) is 9.97 Å². The van der Waals surface area contributed by atoms with Gasteiger partial charge in [0.1, 0.15) is 0 Å². The number of benzene rings is 5. The van der Waals surface area contributed by atoms with Crippen molar-refractivity contribution in [1.29, 1.82) is 0 Å². The van der Waals surface area contributed by atoms with E-state index in [1.807, 2.05) is 0 Å². The van der Waals surface area contributed by atoms with Gasteiger partial charge in [-0.2, -0.15) is 0 Å². The summed E-state index contributed by atoms with van der Waals surface area (Å²) >= 11 is 0. The largest absolute Gasteiger partial charge is 0.228 e. The molecule has 0 fully saturated rings. The molecule has 0 bridgehead atoms. The van der Waals surface area contributed by atoms with Gasteiger partial charge >= 0.3 is 0 Å². The van der Waals surface area contributed by atoms with Crippen LogP contribution in [0, 0.1) is 48.5 Å². The van der Waals surface area contributed by atoms with Crippen LogP contribution in [-0.4, -0.2) is 9.97 Å². The van der Waals surface area contributed by atoms with Crippen LogP contribution in [0.15, 0.2) is 103 Å². The molecule has 1 heterocycles. The van der Waals surface area contributed by atoms with Gasteiger partial charge < -0.3 is 0 Å². The molecule has 2 nitrogen and oxygen atoms in total. The Bertz CT molecular complexity index is 1780. The van der Waals surface area contributed by atoms with Gasteiger partial charge in [-0.1, -0.05) is 114 Å². The van der Waals surface area contributed by atoms with Crippen molar-refractivity contribution < 1.29 is 0 Å². The Labute approximate surface area is 256 Å². The van der Waals surface area contributed by atoms with Crippen LogP contribution in [0.2, 0.25) is 0 Å². The number of nitrogens with zero attached hydrogens (tertiary/aromatic N) is 2. The van der Waals surface area contributed by atoms with Crippen molar-refractivity contribution in [2.24, 2.45) is 0 Å². The first kappa shape index (κ1) is 28.3. The van der Waals surface area contributed by atoms with Gasteiger partial charge in [0.25, 0.3) is 0 Å². The summed E-state index contributed by atoms with van der Waals surface area (Å²) in [5, 5.41) is 0. The Morgan fingerprint density at radius 3 is 1.02 bits per heavy atom. The zero-order chi connectivity index (χ0) is 30.2. The quantitative estimate of drug-likeness (QED) is 0.210. The average molecular weight is 559 g/mol. The molecule has 0 aliphatic carbocycles. The molecule has 0 N–H and O–H groups in total. The van der Waals surface area contributed by atoms with Gasteiger partial charge in [0.15, 0.2) is 5.82 Å². The molecule has 0 unspecified atom stereocenters. The summed E-state index contributed by atoms with van der Waals surface area (Å²) < 4.78 is 0. The molecule has 0 saturated heterocycles. The molecule has 0 aliphatic rings. The minimum absolute atomic E-state index is 0.733. The zero-order valence-corrected chi connectivity index (χ0v) is 26.2. The zero-order valence-electron chi connectivity index (χ0n) is 26.2. The van der Waals surface area contributed by atoms with Gasteiger partial charge in [-0.15, -0.1) is 0 Å². The van der Waals surface area contributed by atoms with Gasteiger partial charge in [0.05, 0.1) is 11.4 Å². The van der Waals surface area contributed by atoms with Gasteiger partial charge in [-0.25, -0.2) is 9.97 Å². The monoisotopic (exact) mass is 558 g/mol. The van der Waals surface area contributed by atoms with Crippen molar-refractivity contribution in [3.05, 3.63) is 142 Å². The van der Waals surface area contributed by atoms with Crippen LogP contribution in [0.4, 0.5) is 0 Å². The lowest BCUT2D eigenvalue weighted by Gasteiger charge is -2.14. The summed E-state index contributed by atoms with van der Waals surface area (Å²) in [6.45, 7) is 15.2. The number of rotatable bonds is 5. The molecule has 43 heavy (non-hydrogen) atoms. The van der Waals surface area contributed by atoms with E-state index in [1.165, 1.54) is 61.2 Å². The van der Waals surface area contributed by atoms with Crippen molar-refractivity contribution >= 4 is 0 Å². The molecule has 1 aromatic heterocycles. The third-order valence-corrected chi connectivity index (χ3v) is 8.33. The van der Waals surface area contributed by atoms with Crippen LogP contribution in [0.5, 0.6) is 0 Å². The van der Waals surface area contributed by atoms with E-state index in [0.29, 0.717) is 0 Å². The average Bonchev–Trinajstić information content (AvgIpc) is 2.97. The Kier molecular flexibility index (Phi) is 7.54. The fourth-order valence-electron chi connectivity index (χ4n) is 6.46. The lowest BCUT2D eigenvalue weighted by atomic mass is 9.92. The third kappa shape index (κ3) is 5.79. The maximum Gasteiger partial charge on any atom is 0.160 e. The summed E-state index contributed by atoms with van der Waals surface area (Å²) in [4.78, 5) is 10.1. The van der Waals surface area contributed by atoms with E-state index in [0.717, 1.165) is 33.9 Å². The smallest absolute Gasteiger partial charge is 0.160 e. The minimum Gasteiger partial charge on any atom is -0.228 e. The van der Waals surface area contributed by atoms with Crippen molar-refractivity contribution in [3.8, 4) is 56.2 Å². The number of aromatic nitrogens is 2. The molecule has 212 valence electrons. The maximum atomic E-state index is 5.06. The van der Waals surface area contributed by atoms with Gasteiger partial charge in [-0.3, -0.25) is 0 Å². The highest BCUT2D eigenvalue weighted by Crippen LogP contribution is 2.34. The molecule has 0 saturated carbocycles. The van der Waals surface area contributed by atoms with E-state index in [9.17, 15) is 0 Å². The summed E-state index contributed by atoms with van der Waals surface area (Å²) in [6.07, 6.45) is 0. The summed E-state index contributed by atoms with van der Waals surface area (Å²) in [6, 6.07) is 37.2. The van der Waals surface area contributed by atoms with Crippen LogP contribution in [0.1, 0.15) is 38.9 Å². The first-order chi connectivity index (χ1) is 20.7. The molecule has 2 heteroatoms. The summed E-state index contributed by atoms with van der Waals surface area (Å²) in [5.74, 6) is 0.733. The molecule has 0 amide bonds. The van der Waals surface area contributed by atoms with Crippen molar-refractivity contribution in [2.45, 2.75) is 48.5 Å². The topological polar surface area (TPSA) is 25.8 Å². The predicted octanol–water partition coefficient (Wildman–Crippen LogP) is 11.0. The van der Waals surface area contributed by atoms with Gasteiger partial charge in [0.2, 0.25) is 0 Å². The SMILES string of the molecule is Cc1ccc(-c2nc(-c3ccc(-c4c(C)cc(C)cc4C)cc3)cc(-c3ccc(-c4c(C)cc(C)cc4C)cc3)n2)cc1. The molecular weight excluding hydrogens is 520 g/mol. The molecule has 0 atom stereocenters. The fourth-order valence-corrected chi connectivity index (χ4v) is 6.46. The Morgan fingerprint density at radius 2 is 0.651 bits per heavy atom. The molecule has 0 radical (unpaired) electrons. The highest BCUT2D eigenvalue weighted by Gasteiger charge is 2.13. The Balaban J connectivity index is 1.42. The van der Waals surface area contributed by atoms with Crippen LogP contribution in [0.25, 0.3) is 56.2 Å². The molecule has 0 aliphatic heterocycles. The van der Waals surface area contributed by atoms with Crippen LogP contribution < -0.4 is 0 Å². The van der Waals surface area contributed by atoms with E-state index in [1.54, 1.807) is 0 Å². The second kappa shape index (κ2) is 11.5. The van der Waals surface area contributed by atoms with Gasteiger partial charge in [0, 0.05) is 16.7 Å². The first-order valence-electron chi connectivity index (χ1n) is 15.0. The van der Waals surface area contributed by atoms with E-state index in [-0.39, 0.29) is 0 Å². The fraction of sp³-hybridized carbons (Fsp3) is 0.171. The number of hydrogen-bond acceptors (Lipinski definition) is 2. The van der Waals surface area contributed by atoms with Crippen LogP contribution >= 0.6 is 0 Å². The van der Waals surface area contributed by atoms with Crippen molar-refractivity contribution in [2.75, 3.05) is 0 Å². The van der Waals surface area contributed by atoms with Crippen LogP contribution in [0.3, 0.4) is 0 Å². The number of aryl methyl sites for hydroxylation is 7. The minimum atomic E-state index is 0.733. The standard InChI is InChI=1S/C41H38N2/c1-25-8-10-36(11-9-25)41-42-37(32-12-16-34(17-13-32)39-28(4)20-26(2)21-29(39)5)24-38(43-41)33-14-18-35(19-15-33)40-30(6)22-27(3)23-31(40)7/h8-24H,1-7H3. The predicted molar refractivity (Wildman–Crippen MR) is 182 cm³/mol. The molecule has 5 aromatic carbocycles. The Hall–Kier alpha value is -4.82. The maximum absolute atomic E-state index is 5.06. The first-order valence-corrected chi connectivity index (χ1v) is 15.0. The second-order valence-corrected chi connectivity index (χ2v) is 12.0. The second-order valence-electron chi connectivity index (χ2n) is 12.0. The van der Waals surface area contributed by atoms with Crippen molar-refractivity contribution in [3.63, 3.8) is 0 Å². The lowest BCUT2D eigenvalue weighted by molar-refractivity contribution is 1.18. The lowest BCUT2D eigenvalue weighted by Crippen LogP contribution is -1.96. The van der Waals surface area contributed by atoms with Gasteiger partial charge in [-0.05, 0) is 99.0 Å². The number of hydrogen-bond donors (Lipinski definition) is 0. The molecular formula is C41H38N2. The van der Waals surface area contributed by atoms with E-state index < -0.39 is 0 Å². The van der Waals surface area contributed by atoms with E-state index >= 15 is 0 Å². The van der Waals surface area contributed by atoms with Crippen molar-refractivity contribution in [1.82, 2.24) is 9.97 Å². The molecule has 6 rings (SSSR count). The van der Waals surface area contributed by atoms with Crippen LogP contribution in [-0.2, 0) is 0 Å². The third-order valence-electron chi connectivity index (χ3n) is 8.33. The normalized spacial score (nSPS) is 11.1. The molecule has 0 spiro atoms. The molecule has 6 aromatic rings. The Morgan fingerprint density at radius 1 is 0.326 bits per heavy atom.